The number of carbonyl (C=O) groups excluding carboxylic acids is 1. The van der Waals surface area contributed by atoms with Gasteiger partial charge in [0.1, 0.15) is 5.60 Å². The van der Waals surface area contributed by atoms with Gasteiger partial charge in [0.05, 0.1) is 6.42 Å². The molecule has 1 N–H and O–H groups in total. The Labute approximate surface area is 75.7 Å². The average Bonchev–Trinajstić information content (AvgIpc) is 1.81. The first-order valence-corrected chi connectivity index (χ1v) is 3.81. The molecule has 0 aliphatic carbocycles. The number of alkyl halides is 1. The lowest BCUT2D eigenvalue weighted by Gasteiger charge is -2.19. The van der Waals surface area contributed by atoms with Crippen molar-refractivity contribution in [3.8, 4) is 0 Å². The van der Waals surface area contributed by atoms with Crippen LogP contribution in [0, 0.1) is 0 Å². The molecule has 0 radical (unpaired) electrons. The predicted octanol–water partition coefficient (Wildman–Crippen LogP) is 1.14. The smallest absolute Gasteiger partial charge is 0.338 e. The Morgan fingerprint density at radius 1 is 1.46 bits per heavy atom. The number of hydrogen-bond acceptors (Lipinski definition) is 3. The number of rotatable bonds is 3. The quantitative estimate of drug-likeness (QED) is 0.681. The lowest BCUT2D eigenvalue weighted by Crippen LogP contribution is -2.27. The van der Waals surface area contributed by atoms with Gasteiger partial charge in [-0.3, -0.25) is 4.79 Å². The topological polar surface area (TPSA) is 63.6 Å². The van der Waals surface area contributed by atoms with E-state index in [2.05, 4.69) is 0 Å². The Balaban J connectivity index is 3.96. The fraction of sp³-hybridized carbons (Fsp3) is 0.750. The Morgan fingerprint density at radius 3 is 2.23 bits per heavy atom. The number of esters is 1. The van der Waals surface area contributed by atoms with Crippen molar-refractivity contribution < 1.29 is 23.8 Å². The Kier molecular flexibility index (Phi) is 3.84. The number of carboxylic acid groups (broad SMARTS) is 1. The van der Waals surface area contributed by atoms with Gasteiger partial charge in [-0.25, -0.2) is 9.18 Å². The van der Waals surface area contributed by atoms with Gasteiger partial charge in [-0.15, -0.1) is 0 Å². The van der Waals surface area contributed by atoms with E-state index in [0.29, 0.717) is 0 Å². The first-order chi connectivity index (χ1) is 5.72. The third kappa shape index (κ3) is 6.07. The molecule has 4 nitrogen and oxygen atoms in total. The normalized spacial score (nSPS) is 13.5. The summed E-state index contributed by atoms with van der Waals surface area (Å²) in [6, 6.07) is 0. The van der Waals surface area contributed by atoms with Crippen molar-refractivity contribution in [3.05, 3.63) is 0 Å². The molecular weight excluding hydrogens is 179 g/mol. The maximum Gasteiger partial charge on any atom is 0.338 e. The molecule has 0 unspecified atom stereocenters. The van der Waals surface area contributed by atoms with Crippen molar-refractivity contribution in [2.45, 2.75) is 39.0 Å². The summed E-state index contributed by atoms with van der Waals surface area (Å²) in [4.78, 5) is 20.9. The third-order valence-electron chi connectivity index (χ3n) is 1.03. The second-order valence-corrected chi connectivity index (χ2v) is 3.60. The number of aliphatic carboxylic acids is 1. The largest absolute Gasteiger partial charge is 0.479 e. The summed E-state index contributed by atoms with van der Waals surface area (Å²) < 4.78 is 17.2. The maximum atomic E-state index is 12.5. The lowest BCUT2D eigenvalue weighted by atomic mass is 10.2. The van der Waals surface area contributed by atoms with Gasteiger partial charge in [0.2, 0.25) is 6.17 Å². The summed E-state index contributed by atoms with van der Waals surface area (Å²) in [5.74, 6) is -2.49. The van der Waals surface area contributed by atoms with E-state index in [-0.39, 0.29) is 0 Å². The molecule has 0 fully saturated rings. The van der Waals surface area contributed by atoms with Gasteiger partial charge in [0, 0.05) is 0 Å². The van der Waals surface area contributed by atoms with E-state index in [1.54, 1.807) is 20.8 Å². The summed E-state index contributed by atoms with van der Waals surface area (Å²) in [7, 11) is 0. The van der Waals surface area contributed by atoms with Crippen molar-refractivity contribution in [1.29, 1.82) is 0 Å². The van der Waals surface area contributed by atoms with Crippen LogP contribution in [0.4, 0.5) is 4.39 Å². The molecule has 1 atom stereocenters. The third-order valence-corrected chi connectivity index (χ3v) is 1.03. The first kappa shape index (κ1) is 11.9. The molecule has 0 spiro atoms. The zero-order valence-corrected chi connectivity index (χ0v) is 7.83. The molecular formula is C8H13FO4. The SMILES string of the molecule is CC(C)(C)OC(=O)C[C@H](F)C(=O)O. The molecule has 13 heavy (non-hydrogen) atoms. The van der Waals surface area contributed by atoms with Crippen LogP contribution in [0.25, 0.3) is 0 Å². The summed E-state index contributed by atoms with van der Waals surface area (Å²) in [5, 5.41) is 8.15. The zero-order valence-electron chi connectivity index (χ0n) is 7.83. The van der Waals surface area contributed by atoms with E-state index in [1.807, 2.05) is 0 Å². The predicted molar refractivity (Wildman–Crippen MR) is 43.0 cm³/mol. The second kappa shape index (κ2) is 4.20. The summed E-state index contributed by atoms with van der Waals surface area (Å²) >= 11 is 0. The number of hydrogen-bond donors (Lipinski definition) is 1. The highest BCUT2D eigenvalue weighted by Crippen LogP contribution is 2.10. The molecule has 0 aromatic heterocycles. The number of carboxylic acids is 1. The number of halogens is 1. The fourth-order valence-electron chi connectivity index (χ4n) is 0.617. The highest BCUT2D eigenvalue weighted by atomic mass is 19.1. The van der Waals surface area contributed by atoms with Crippen LogP contribution in [-0.2, 0) is 14.3 Å². The van der Waals surface area contributed by atoms with E-state index in [0.717, 1.165) is 0 Å². The fourth-order valence-corrected chi connectivity index (χ4v) is 0.617. The molecule has 0 aromatic rings. The molecule has 0 amide bonds. The standard InChI is InChI=1S/C8H13FO4/c1-8(2,3)13-6(10)4-5(9)7(11)12/h5H,4H2,1-3H3,(H,11,12)/t5-/m0/s1. The minimum atomic E-state index is -2.19. The van der Waals surface area contributed by atoms with Gasteiger partial charge in [-0.2, -0.15) is 0 Å². The van der Waals surface area contributed by atoms with Crippen LogP contribution in [0.5, 0.6) is 0 Å². The van der Waals surface area contributed by atoms with E-state index in [1.165, 1.54) is 0 Å². The summed E-state index contributed by atoms with van der Waals surface area (Å²) in [6.07, 6.45) is -2.93. The van der Waals surface area contributed by atoms with Gasteiger partial charge in [0.25, 0.3) is 0 Å². The van der Waals surface area contributed by atoms with Gasteiger partial charge >= 0.3 is 11.9 Å². The average molecular weight is 192 g/mol. The molecule has 76 valence electrons. The summed E-state index contributed by atoms with van der Waals surface area (Å²) in [6.45, 7) is 4.87. The van der Waals surface area contributed by atoms with Crippen LogP contribution >= 0.6 is 0 Å². The van der Waals surface area contributed by atoms with Crippen LogP contribution in [0.2, 0.25) is 0 Å². The van der Waals surface area contributed by atoms with Crippen LogP contribution in [0.1, 0.15) is 27.2 Å². The first-order valence-electron chi connectivity index (χ1n) is 3.81. The highest BCUT2D eigenvalue weighted by molar-refractivity contribution is 5.80. The highest BCUT2D eigenvalue weighted by Gasteiger charge is 2.24. The Morgan fingerprint density at radius 2 is 1.92 bits per heavy atom. The van der Waals surface area contributed by atoms with Crippen molar-refractivity contribution >= 4 is 11.9 Å². The Hall–Kier alpha value is -1.13. The van der Waals surface area contributed by atoms with Crippen molar-refractivity contribution in [1.82, 2.24) is 0 Å². The molecule has 0 saturated heterocycles. The van der Waals surface area contributed by atoms with Crippen molar-refractivity contribution in [2.24, 2.45) is 0 Å². The molecule has 0 bridgehead atoms. The molecule has 0 rings (SSSR count). The van der Waals surface area contributed by atoms with Crippen LogP contribution in [0.15, 0.2) is 0 Å². The summed E-state index contributed by atoms with van der Waals surface area (Å²) in [5.41, 5.74) is -0.713. The zero-order chi connectivity index (χ0) is 10.6. The van der Waals surface area contributed by atoms with Crippen molar-refractivity contribution in [3.63, 3.8) is 0 Å². The minimum Gasteiger partial charge on any atom is -0.479 e. The van der Waals surface area contributed by atoms with E-state index < -0.39 is 30.1 Å². The number of ether oxygens (including phenoxy) is 1. The maximum absolute atomic E-state index is 12.5. The lowest BCUT2D eigenvalue weighted by molar-refractivity contribution is -0.160. The van der Waals surface area contributed by atoms with E-state index in [4.69, 9.17) is 9.84 Å². The Bertz CT molecular complexity index is 207. The van der Waals surface area contributed by atoms with Crippen LogP contribution < -0.4 is 0 Å². The monoisotopic (exact) mass is 192 g/mol. The van der Waals surface area contributed by atoms with Crippen LogP contribution in [-0.4, -0.2) is 28.8 Å². The van der Waals surface area contributed by atoms with Crippen molar-refractivity contribution in [2.75, 3.05) is 0 Å². The molecule has 0 aromatic carbocycles. The molecule has 0 heterocycles. The second-order valence-electron chi connectivity index (χ2n) is 3.60. The van der Waals surface area contributed by atoms with Gasteiger partial charge in [-0.05, 0) is 20.8 Å². The van der Waals surface area contributed by atoms with Crippen LogP contribution in [0.3, 0.4) is 0 Å². The van der Waals surface area contributed by atoms with Gasteiger partial charge in [0.15, 0.2) is 0 Å². The molecule has 5 heteroatoms. The molecule has 0 saturated carbocycles. The van der Waals surface area contributed by atoms with E-state index >= 15 is 0 Å². The van der Waals surface area contributed by atoms with E-state index in [9.17, 15) is 14.0 Å². The van der Waals surface area contributed by atoms with Gasteiger partial charge < -0.3 is 9.84 Å². The molecule has 0 aliphatic heterocycles. The molecule has 0 aliphatic rings. The van der Waals surface area contributed by atoms with Gasteiger partial charge in [-0.1, -0.05) is 0 Å². The number of carbonyl (C=O) groups is 2. The minimum absolute atomic E-state index is 0.713.